The van der Waals surface area contributed by atoms with Crippen LogP contribution in [0.15, 0.2) is 170 Å². The molecule has 0 fully saturated rings. The van der Waals surface area contributed by atoms with Crippen molar-refractivity contribution in [3.8, 4) is 67.8 Å². The molecule has 12 aromatic rings. The number of carbonyl (C=O) groups is 9. The number of amides is 9. The van der Waals surface area contributed by atoms with E-state index in [4.69, 9.17) is 25.7 Å². The number of aromatic nitrogens is 8. The summed E-state index contributed by atoms with van der Waals surface area (Å²) in [5.41, 5.74) is 21.0. The average Bonchev–Trinajstić information content (AvgIpc) is 1.66. The number of unbranched alkanes of at least 4 members (excludes halogenated alkanes) is 1. The van der Waals surface area contributed by atoms with E-state index in [9.17, 15) is 43.2 Å². The third-order valence-corrected chi connectivity index (χ3v) is 21.2. The van der Waals surface area contributed by atoms with Crippen LogP contribution in [-0.4, -0.2) is 266 Å². The smallest absolute Gasteiger partial charge is 0.254 e. The zero-order valence-electron chi connectivity index (χ0n) is 67.0. The number of rotatable bonds is 31. The molecule has 0 aliphatic heterocycles. The third-order valence-electron chi connectivity index (χ3n) is 21.2. The Labute approximate surface area is 666 Å². The first-order valence-corrected chi connectivity index (χ1v) is 38.2. The largest absolute Gasteiger partial charge is 0.368 e. The minimum Gasteiger partial charge on any atom is -0.368 e. The molecule has 8 aromatic carbocycles. The molecule has 115 heavy (non-hydrogen) atoms. The molecule has 0 aliphatic rings. The number of benzene rings is 8. The molecule has 28 heteroatoms. The predicted molar refractivity (Wildman–Crippen MR) is 446 cm³/mol. The quantitative estimate of drug-likeness (QED) is 0.0199. The molecule has 4 heterocycles. The van der Waals surface area contributed by atoms with E-state index in [1.165, 1.54) is 73.5 Å². The minimum absolute atomic E-state index is 0.0992. The monoisotopic (exact) mass is 1550 g/mol. The van der Waals surface area contributed by atoms with E-state index < -0.39 is 66.2 Å². The van der Waals surface area contributed by atoms with Gasteiger partial charge in [-0.3, -0.25) is 43.2 Å². The average molecular weight is 1550 g/mol. The Morgan fingerprint density at radius 1 is 0.339 bits per heavy atom. The molecule has 12 rings (SSSR count). The Hall–Kier alpha value is -13.2. The van der Waals surface area contributed by atoms with Crippen molar-refractivity contribution in [3.63, 3.8) is 0 Å². The van der Waals surface area contributed by atoms with E-state index in [0.717, 1.165) is 102 Å². The lowest BCUT2D eigenvalue weighted by atomic mass is 10.0. The van der Waals surface area contributed by atoms with Crippen molar-refractivity contribution < 1.29 is 43.2 Å². The van der Waals surface area contributed by atoms with Crippen LogP contribution >= 0.6 is 0 Å². The topological polar surface area (TPSA) is 344 Å². The number of nitrogens with two attached hydrogens (primary N) is 1. The minimum atomic E-state index is -1.10. The summed E-state index contributed by atoms with van der Waals surface area (Å²) in [5, 5.41) is 5.88. The fourth-order valence-electron chi connectivity index (χ4n) is 13.6. The highest BCUT2D eigenvalue weighted by molar-refractivity contribution is 6.01. The zero-order valence-corrected chi connectivity index (χ0v) is 67.0. The summed E-state index contributed by atoms with van der Waals surface area (Å²) in [4.78, 5) is 167. The van der Waals surface area contributed by atoms with Crippen LogP contribution in [0.25, 0.3) is 112 Å². The first-order chi connectivity index (χ1) is 55.0. The first-order valence-electron chi connectivity index (χ1n) is 38.2. The predicted octanol–water partition coefficient (Wildman–Crippen LogP) is 9.64. The number of nitrogens with one attached hydrogen (secondary N) is 6. The highest BCUT2D eigenvalue weighted by Gasteiger charge is 2.37. The summed E-state index contributed by atoms with van der Waals surface area (Å²) >= 11 is 0. The summed E-state index contributed by atoms with van der Waals surface area (Å²) in [6, 6.07) is 48.6. The molecule has 0 spiro atoms. The van der Waals surface area contributed by atoms with Crippen LogP contribution in [0.2, 0.25) is 0 Å². The van der Waals surface area contributed by atoms with Gasteiger partial charge in [0.1, 0.15) is 47.5 Å². The molecule has 0 bridgehead atoms. The van der Waals surface area contributed by atoms with E-state index in [2.05, 4.69) is 30.6 Å². The van der Waals surface area contributed by atoms with Crippen molar-refractivity contribution in [2.24, 2.45) is 5.73 Å². The van der Waals surface area contributed by atoms with Gasteiger partial charge in [0.25, 0.3) is 23.6 Å². The van der Waals surface area contributed by atoms with Gasteiger partial charge in [-0.2, -0.15) is 0 Å². The van der Waals surface area contributed by atoms with Gasteiger partial charge in [-0.15, -0.1) is 0 Å². The van der Waals surface area contributed by atoms with Gasteiger partial charge in [0.2, 0.25) is 29.5 Å². The molecule has 0 saturated carbocycles. The molecular weight excluding hydrogens is 1460 g/mol. The van der Waals surface area contributed by atoms with Gasteiger partial charge < -0.3 is 75.5 Å². The normalized spacial score (nSPS) is 12.5. The highest BCUT2D eigenvalue weighted by Crippen LogP contribution is 2.33. The number of aromatic amines is 4. The molecule has 8 N–H and O–H groups in total. The molecule has 28 nitrogen and oxygen atoms in total. The number of likely N-dealkylation sites (N-methyl/N-ethyl adjacent to an activating group) is 6. The molecule has 0 saturated heterocycles. The van der Waals surface area contributed by atoms with Gasteiger partial charge >= 0.3 is 0 Å². The lowest BCUT2D eigenvalue weighted by molar-refractivity contribution is -0.152. The second kappa shape index (κ2) is 35.2. The van der Waals surface area contributed by atoms with Crippen molar-refractivity contribution in [2.45, 2.75) is 64.7 Å². The number of H-pyrrole nitrogens is 4. The molecule has 0 radical (unpaired) electrons. The van der Waals surface area contributed by atoms with Gasteiger partial charge in [-0.05, 0) is 188 Å². The SMILES string of the molecule is C[C@@H](C(=O)N(C)[C@@H](C)C(=O)N(C)[C@@H](C)C(=O)N(C)[C@@H](C)C(=O)N(CCCCN(C)C(=O)c1ccc(-c2nc3cc(-c4ccc5[nH]c(-c6ccc(C(=O)NCCN(C)C)cc6)nc5c4)ccc3[nH]2)cc1)CC(N)=O)N(C)C(=O)c1ccc(-c2nc3cc(-c4ccc5[nH]c(-c6ccc(C(=O)NCCN(C)C)cc6)nc5c4)ccc3[nH]2)cc1. The summed E-state index contributed by atoms with van der Waals surface area (Å²) in [6.07, 6.45) is 0.851. The number of hydrogen-bond donors (Lipinski definition) is 7. The summed E-state index contributed by atoms with van der Waals surface area (Å²) < 4.78 is 0. The van der Waals surface area contributed by atoms with Crippen molar-refractivity contribution in [2.75, 3.05) is 109 Å². The summed E-state index contributed by atoms with van der Waals surface area (Å²) in [6.45, 7) is 8.74. The Kier molecular flexibility index (Phi) is 24.9. The zero-order chi connectivity index (χ0) is 82.2. The fourth-order valence-corrected chi connectivity index (χ4v) is 13.6. The molecular formula is C87H97N19O9. The maximum Gasteiger partial charge on any atom is 0.254 e. The van der Waals surface area contributed by atoms with Crippen LogP contribution in [0.5, 0.6) is 0 Å². The number of carbonyl (C=O) groups excluding carboxylic acids is 9. The number of imidazole rings is 4. The fraction of sp³-hybridized carbons (Fsp3) is 0.299. The lowest BCUT2D eigenvalue weighted by Gasteiger charge is -2.36. The second-order valence-electron chi connectivity index (χ2n) is 29.8. The van der Waals surface area contributed by atoms with E-state index in [1.807, 2.05) is 147 Å². The van der Waals surface area contributed by atoms with Crippen LogP contribution < -0.4 is 16.4 Å². The van der Waals surface area contributed by atoms with Crippen molar-refractivity contribution in [1.29, 1.82) is 0 Å². The lowest BCUT2D eigenvalue weighted by Crippen LogP contribution is -2.57. The van der Waals surface area contributed by atoms with Gasteiger partial charge in [0.15, 0.2) is 0 Å². The Morgan fingerprint density at radius 2 is 0.617 bits per heavy atom. The first kappa shape index (κ1) is 81.3. The summed E-state index contributed by atoms with van der Waals surface area (Å²) in [5.74, 6) is -1.29. The van der Waals surface area contributed by atoms with Crippen molar-refractivity contribution in [3.05, 3.63) is 192 Å². The van der Waals surface area contributed by atoms with Crippen LogP contribution in [0, 0.1) is 0 Å². The number of fused-ring (bicyclic) bond motifs is 4. The van der Waals surface area contributed by atoms with Gasteiger partial charge in [0, 0.05) is 119 Å². The van der Waals surface area contributed by atoms with Gasteiger partial charge in [-0.1, -0.05) is 72.8 Å². The number of primary amides is 1. The van der Waals surface area contributed by atoms with Crippen molar-refractivity contribution >= 4 is 97.3 Å². The standard InChI is InChI=1S/C87H97N19O9/c1-51(103(11)84(112)53(3)105(13)87(115)62-30-22-58(23-31-62)79-94-70-39-35-66(49-74(70)98-79)64-33-37-68-72(47-64)96-77(92-68)56-18-26-60(27-19-56)81(109)90-41-45-100(7)8)82(110)102(10)52(2)83(111)104(12)54(4)85(113)106(50-75(88)107)43-15-14-42-101(9)86(114)61-28-20-57(21-29-61)78-93-69-38-34-65(48-73(69)97-78)63-32-36-67-71(46-63)95-76(91-67)55-16-24-59(25-17-55)80(108)89-40-44-99(5)6/h16-39,46-49,51-54H,14-15,40-45,50H2,1-13H3,(H2,88,107)(H,89,108)(H,90,109)(H,91,95)(H,92,96)(H,93,97)(H,94,98)/t51-,52-,53-,54-/m0/s1. The molecule has 4 atom stereocenters. The molecule has 0 unspecified atom stereocenters. The Morgan fingerprint density at radius 3 is 0.930 bits per heavy atom. The van der Waals surface area contributed by atoms with E-state index >= 15 is 0 Å². The van der Waals surface area contributed by atoms with Crippen molar-refractivity contribution in [1.82, 2.24) is 89.7 Å². The van der Waals surface area contributed by atoms with E-state index in [-0.39, 0.29) is 24.3 Å². The maximum absolute atomic E-state index is 14.1. The third kappa shape index (κ3) is 18.6. The Bertz CT molecular complexity index is 5610. The van der Waals surface area contributed by atoms with Crippen LogP contribution in [0.4, 0.5) is 0 Å². The second-order valence-corrected chi connectivity index (χ2v) is 29.8. The maximum atomic E-state index is 14.1. The molecule has 4 aromatic heterocycles. The van der Waals surface area contributed by atoms with Crippen LogP contribution in [-0.2, 0) is 24.0 Å². The summed E-state index contributed by atoms with van der Waals surface area (Å²) in [7, 11) is 15.3. The molecule has 594 valence electrons. The number of nitrogens with zero attached hydrogens (tertiary/aromatic N) is 12. The molecule has 9 amide bonds. The molecule has 0 aliphatic carbocycles. The van der Waals surface area contributed by atoms with Gasteiger partial charge in [-0.25, -0.2) is 19.9 Å². The number of hydrogen-bond acceptors (Lipinski definition) is 15. The highest BCUT2D eigenvalue weighted by atomic mass is 16.2. The van der Waals surface area contributed by atoms with Crippen LogP contribution in [0.3, 0.4) is 0 Å². The van der Waals surface area contributed by atoms with E-state index in [1.54, 1.807) is 79.5 Å². The van der Waals surface area contributed by atoms with Crippen LogP contribution in [0.1, 0.15) is 82.0 Å². The Balaban J connectivity index is 0.583. The van der Waals surface area contributed by atoms with Gasteiger partial charge in [0.05, 0.1) is 50.7 Å². The van der Waals surface area contributed by atoms with E-state index in [0.29, 0.717) is 78.0 Å².